The topological polar surface area (TPSA) is 112 Å². The van der Waals surface area contributed by atoms with E-state index in [-0.39, 0.29) is 30.8 Å². The van der Waals surface area contributed by atoms with E-state index in [0.29, 0.717) is 17.9 Å². The van der Waals surface area contributed by atoms with Gasteiger partial charge in [-0.15, -0.1) is 0 Å². The molecule has 0 spiro atoms. The molecule has 0 aliphatic rings. The summed E-state index contributed by atoms with van der Waals surface area (Å²) < 4.78 is 5.07. The first-order valence-corrected chi connectivity index (χ1v) is 7.71. The normalized spacial score (nSPS) is 15.2. The van der Waals surface area contributed by atoms with Crippen LogP contribution in [0.1, 0.15) is 33.6 Å². The van der Waals surface area contributed by atoms with Crippen molar-refractivity contribution in [2.75, 3.05) is 18.1 Å². The van der Waals surface area contributed by atoms with Gasteiger partial charge in [0, 0.05) is 17.4 Å². The molecule has 2 amide bonds. The number of esters is 1. The molecule has 0 aromatic heterocycles. The van der Waals surface area contributed by atoms with Crippen LogP contribution in [0.15, 0.2) is 0 Å². The molecule has 0 aliphatic carbocycles. The Balaban J connectivity index is 3.90. The quantitative estimate of drug-likeness (QED) is 0.455. The van der Waals surface area contributed by atoms with Gasteiger partial charge >= 0.3 is 5.97 Å². The van der Waals surface area contributed by atoms with Gasteiger partial charge in [-0.3, -0.25) is 14.4 Å². The van der Waals surface area contributed by atoms with Gasteiger partial charge in [-0.25, -0.2) is 0 Å². The number of hydrogen-bond donors (Lipinski definition) is 2. The number of thioether (sulfide) groups is 1. The summed E-state index contributed by atoms with van der Waals surface area (Å²) in [6.45, 7) is 5.23. The Labute approximate surface area is 124 Å². The highest BCUT2D eigenvalue weighted by Gasteiger charge is 2.30. The van der Waals surface area contributed by atoms with Crippen LogP contribution in [-0.2, 0) is 19.1 Å². The zero-order valence-corrected chi connectivity index (χ0v) is 13.1. The van der Waals surface area contributed by atoms with E-state index in [4.69, 9.17) is 16.2 Å². The number of carbonyl (C=O) groups is 3. The SMILES string of the molecule is CCC(C)(COC(=O)CCSCC(C)C(N)=O)C(N)=O. The van der Waals surface area contributed by atoms with Crippen molar-refractivity contribution in [2.45, 2.75) is 33.6 Å². The highest BCUT2D eigenvalue weighted by molar-refractivity contribution is 7.99. The van der Waals surface area contributed by atoms with E-state index in [9.17, 15) is 14.4 Å². The Morgan fingerprint density at radius 1 is 1.30 bits per heavy atom. The van der Waals surface area contributed by atoms with E-state index >= 15 is 0 Å². The lowest BCUT2D eigenvalue weighted by atomic mass is 9.88. The van der Waals surface area contributed by atoms with Gasteiger partial charge in [0.1, 0.15) is 6.61 Å². The second-order valence-electron chi connectivity index (χ2n) is 5.07. The molecule has 0 aromatic rings. The molecule has 0 saturated carbocycles. The maximum Gasteiger partial charge on any atom is 0.306 e. The van der Waals surface area contributed by atoms with Crippen molar-refractivity contribution in [1.29, 1.82) is 0 Å². The number of carbonyl (C=O) groups excluding carboxylic acids is 3. The summed E-state index contributed by atoms with van der Waals surface area (Å²) in [5.74, 6) is -0.274. The minimum atomic E-state index is -0.816. The molecule has 6 nitrogen and oxygen atoms in total. The van der Waals surface area contributed by atoms with Gasteiger partial charge in [-0.1, -0.05) is 13.8 Å². The van der Waals surface area contributed by atoms with Crippen molar-refractivity contribution in [3.05, 3.63) is 0 Å². The van der Waals surface area contributed by atoms with Crippen LogP contribution in [0, 0.1) is 11.3 Å². The first-order valence-electron chi connectivity index (χ1n) is 6.55. The Morgan fingerprint density at radius 3 is 2.35 bits per heavy atom. The highest BCUT2D eigenvalue weighted by Crippen LogP contribution is 2.21. The van der Waals surface area contributed by atoms with Gasteiger partial charge in [-0.2, -0.15) is 11.8 Å². The Bertz CT molecular complexity index is 362. The molecule has 0 rings (SSSR count). The number of ether oxygens (including phenoxy) is 1. The van der Waals surface area contributed by atoms with E-state index in [1.165, 1.54) is 11.8 Å². The van der Waals surface area contributed by atoms with Crippen molar-refractivity contribution in [3.63, 3.8) is 0 Å². The third-order valence-electron chi connectivity index (χ3n) is 3.23. The summed E-state index contributed by atoms with van der Waals surface area (Å²) in [6, 6.07) is 0. The lowest BCUT2D eigenvalue weighted by Gasteiger charge is -2.23. The van der Waals surface area contributed by atoms with E-state index in [1.54, 1.807) is 13.8 Å². The van der Waals surface area contributed by atoms with Gasteiger partial charge in [0.05, 0.1) is 11.8 Å². The monoisotopic (exact) mass is 304 g/mol. The lowest BCUT2D eigenvalue weighted by molar-refractivity contribution is -0.149. The fourth-order valence-corrected chi connectivity index (χ4v) is 2.15. The second-order valence-corrected chi connectivity index (χ2v) is 6.22. The molecule has 0 aliphatic heterocycles. The molecule has 0 radical (unpaired) electrons. The van der Waals surface area contributed by atoms with Gasteiger partial charge in [0.2, 0.25) is 11.8 Å². The van der Waals surface area contributed by atoms with E-state index in [1.807, 2.05) is 6.92 Å². The van der Waals surface area contributed by atoms with Gasteiger partial charge in [0.15, 0.2) is 0 Å². The van der Waals surface area contributed by atoms with Crippen molar-refractivity contribution in [2.24, 2.45) is 22.8 Å². The summed E-state index contributed by atoms with van der Waals surface area (Å²) in [7, 11) is 0. The number of rotatable bonds is 10. The van der Waals surface area contributed by atoms with E-state index in [0.717, 1.165) is 0 Å². The fourth-order valence-electron chi connectivity index (χ4n) is 1.16. The maximum absolute atomic E-state index is 11.5. The predicted octanol–water partition coefficient (Wildman–Crippen LogP) is 0.676. The molecule has 2 atom stereocenters. The standard InChI is InChI=1S/C13H24N2O4S/c1-4-13(3,12(15)18)8-19-10(16)5-6-20-7-9(2)11(14)17/h9H,4-8H2,1-3H3,(H2,14,17)(H2,15,18). The van der Waals surface area contributed by atoms with Crippen molar-refractivity contribution < 1.29 is 19.1 Å². The predicted molar refractivity (Wildman–Crippen MR) is 78.9 cm³/mol. The summed E-state index contributed by atoms with van der Waals surface area (Å²) in [4.78, 5) is 33.6. The van der Waals surface area contributed by atoms with Gasteiger partial charge in [-0.05, 0) is 13.3 Å². The van der Waals surface area contributed by atoms with E-state index in [2.05, 4.69) is 0 Å². The average molecular weight is 304 g/mol. The van der Waals surface area contributed by atoms with E-state index < -0.39 is 11.3 Å². The second kappa shape index (κ2) is 8.84. The Kier molecular flexibility index (Phi) is 8.29. The fraction of sp³-hybridized carbons (Fsp3) is 0.769. The minimum Gasteiger partial charge on any atom is -0.465 e. The minimum absolute atomic E-state index is 0.0000219. The zero-order valence-electron chi connectivity index (χ0n) is 12.3. The zero-order chi connectivity index (χ0) is 15.8. The number of nitrogens with two attached hydrogens (primary N) is 2. The first kappa shape index (κ1) is 18.8. The van der Waals surface area contributed by atoms with Crippen molar-refractivity contribution >= 4 is 29.5 Å². The van der Waals surface area contributed by atoms with Crippen LogP contribution in [0.5, 0.6) is 0 Å². The van der Waals surface area contributed by atoms with Crippen molar-refractivity contribution in [3.8, 4) is 0 Å². The molecule has 0 fully saturated rings. The lowest BCUT2D eigenvalue weighted by Crippen LogP contribution is -2.38. The summed E-state index contributed by atoms with van der Waals surface area (Å²) in [5.41, 5.74) is 9.59. The third kappa shape index (κ3) is 6.79. The average Bonchev–Trinajstić information content (AvgIpc) is 2.40. The molecule has 20 heavy (non-hydrogen) atoms. The van der Waals surface area contributed by atoms with Crippen LogP contribution in [0.4, 0.5) is 0 Å². The summed E-state index contributed by atoms with van der Waals surface area (Å²) in [6.07, 6.45) is 0.745. The van der Waals surface area contributed by atoms with Crippen LogP contribution < -0.4 is 11.5 Å². The number of amides is 2. The molecule has 0 bridgehead atoms. The largest absolute Gasteiger partial charge is 0.465 e. The first-order chi connectivity index (χ1) is 9.23. The molecule has 0 saturated heterocycles. The highest BCUT2D eigenvalue weighted by atomic mass is 32.2. The summed E-state index contributed by atoms with van der Waals surface area (Å²) in [5, 5.41) is 0. The van der Waals surface area contributed by atoms with Crippen LogP contribution in [-0.4, -0.2) is 35.9 Å². The van der Waals surface area contributed by atoms with Crippen molar-refractivity contribution in [1.82, 2.24) is 0 Å². The molecular weight excluding hydrogens is 280 g/mol. The number of primary amides is 2. The van der Waals surface area contributed by atoms with Crippen LogP contribution in [0.3, 0.4) is 0 Å². The molecule has 116 valence electrons. The smallest absolute Gasteiger partial charge is 0.306 e. The molecule has 0 heterocycles. The molecule has 2 unspecified atom stereocenters. The Hall–Kier alpha value is -1.24. The van der Waals surface area contributed by atoms with Gasteiger partial charge < -0.3 is 16.2 Å². The number of hydrogen-bond acceptors (Lipinski definition) is 5. The maximum atomic E-state index is 11.5. The summed E-state index contributed by atoms with van der Waals surface area (Å²) >= 11 is 1.47. The molecule has 7 heteroatoms. The van der Waals surface area contributed by atoms with Crippen LogP contribution in [0.2, 0.25) is 0 Å². The molecule has 0 aromatic carbocycles. The molecular formula is C13H24N2O4S. The van der Waals surface area contributed by atoms with Gasteiger partial charge in [0.25, 0.3) is 0 Å². The van der Waals surface area contributed by atoms with Crippen LogP contribution in [0.25, 0.3) is 0 Å². The molecule has 4 N–H and O–H groups in total. The Morgan fingerprint density at radius 2 is 1.90 bits per heavy atom. The van der Waals surface area contributed by atoms with Crippen LogP contribution >= 0.6 is 11.8 Å². The third-order valence-corrected chi connectivity index (χ3v) is 4.46.